The minimum Gasteiger partial charge on any atom is -0.431 e. The molecule has 0 N–H and O–H groups in total. The van der Waals surface area contributed by atoms with Crippen LogP contribution in [-0.4, -0.2) is 5.97 Å². The predicted molar refractivity (Wildman–Crippen MR) is 65.9 cm³/mol. The third-order valence-electron chi connectivity index (χ3n) is 3.49. The summed E-state index contributed by atoms with van der Waals surface area (Å²) in [4.78, 5) is 11.7. The van der Waals surface area contributed by atoms with Crippen LogP contribution in [0.15, 0.2) is 11.3 Å². The molecule has 1 unspecified atom stereocenters. The summed E-state index contributed by atoms with van der Waals surface area (Å²) in [5, 5.41) is 0. The Morgan fingerprint density at radius 1 is 1.50 bits per heavy atom. The summed E-state index contributed by atoms with van der Waals surface area (Å²) in [5.74, 6) is 0.858. The number of esters is 1. The summed E-state index contributed by atoms with van der Waals surface area (Å²) in [5.41, 5.74) is 1.60. The quantitative estimate of drug-likeness (QED) is 0.676. The molecule has 0 aliphatic heterocycles. The van der Waals surface area contributed by atoms with Gasteiger partial charge in [-0.05, 0) is 37.2 Å². The maximum Gasteiger partial charge on any atom is 0.313 e. The maximum absolute atomic E-state index is 11.7. The Kier molecular flexibility index (Phi) is 4.17. The summed E-state index contributed by atoms with van der Waals surface area (Å²) >= 11 is 0. The maximum atomic E-state index is 11.7. The van der Waals surface area contributed by atoms with Crippen LogP contribution >= 0.6 is 0 Å². The molecular weight excluding hydrogens is 200 g/mol. The highest BCUT2D eigenvalue weighted by atomic mass is 16.5. The zero-order chi connectivity index (χ0) is 12.3. The van der Waals surface area contributed by atoms with E-state index in [2.05, 4.69) is 20.8 Å². The molecule has 92 valence electrons. The van der Waals surface area contributed by atoms with Crippen molar-refractivity contribution in [3.05, 3.63) is 11.3 Å². The van der Waals surface area contributed by atoms with Gasteiger partial charge in [0.15, 0.2) is 0 Å². The molecule has 1 atom stereocenters. The molecule has 0 spiro atoms. The van der Waals surface area contributed by atoms with Gasteiger partial charge in [-0.25, -0.2) is 0 Å². The smallest absolute Gasteiger partial charge is 0.313 e. The van der Waals surface area contributed by atoms with Crippen LogP contribution < -0.4 is 0 Å². The Morgan fingerprint density at radius 3 is 2.62 bits per heavy atom. The van der Waals surface area contributed by atoms with Crippen molar-refractivity contribution in [3.8, 4) is 0 Å². The summed E-state index contributed by atoms with van der Waals surface area (Å²) in [6.45, 7) is 10.6. The summed E-state index contributed by atoms with van der Waals surface area (Å²) < 4.78 is 5.49. The average molecular weight is 224 g/mol. The normalized spacial score (nSPS) is 21.8. The molecule has 1 rings (SSSR count). The molecule has 0 bridgehead atoms. The van der Waals surface area contributed by atoms with Crippen molar-refractivity contribution in [2.75, 3.05) is 0 Å². The fraction of sp³-hybridized carbons (Fsp3) is 0.786. The van der Waals surface area contributed by atoms with Gasteiger partial charge in [-0.15, -0.1) is 0 Å². The van der Waals surface area contributed by atoms with E-state index >= 15 is 0 Å². The van der Waals surface area contributed by atoms with Gasteiger partial charge in [-0.3, -0.25) is 4.79 Å². The summed E-state index contributed by atoms with van der Waals surface area (Å²) in [7, 11) is 0. The highest BCUT2D eigenvalue weighted by Crippen LogP contribution is 2.38. The van der Waals surface area contributed by atoms with Crippen LogP contribution in [0, 0.1) is 11.3 Å². The lowest BCUT2D eigenvalue weighted by atomic mass is 9.77. The molecule has 0 radical (unpaired) electrons. The van der Waals surface area contributed by atoms with Gasteiger partial charge in [0.05, 0.1) is 5.92 Å². The van der Waals surface area contributed by atoms with Crippen LogP contribution in [0.2, 0.25) is 0 Å². The number of carbonyl (C=O) groups excluding carboxylic acids is 1. The van der Waals surface area contributed by atoms with Crippen molar-refractivity contribution < 1.29 is 9.53 Å². The Hall–Kier alpha value is -0.790. The largest absolute Gasteiger partial charge is 0.431 e. The van der Waals surface area contributed by atoms with E-state index in [9.17, 15) is 4.79 Å². The average Bonchev–Trinajstić information content (AvgIpc) is 2.20. The zero-order valence-electron chi connectivity index (χ0n) is 11.2. The predicted octanol–water partition coefficient (Wildman–Crippen LogP) is 4.06. The van der Waals surface area contributed by atoms with E-state index in [1.807, 2.05) is 13.8 Å². The monoisotopic (exact) mass is 224 g/mol. The van der Waals surface area contributed by atoms with Crippen LogP contribution in [0.5, 0.6) is 0 Å². The van der Waals surface area contributed by atoms with Crippen molar-refractivity contribution >= 4 is 5.97 Å². The minimum absolute atomic E-state index is 0.00948. The summed E-state index contributed by atoms with van der Waals surface area (Å²) in [6.07, 6.45) is 3.89. The number of allylic oxidation sites excluding steroid dienone is 2. The van der Waals surface area contributed by atoms with Gasteiger partial charge in [0.25, 0.3) is 0 Å². The molecule has 0 fully saturated rings. The van der Waals surface area contributed by atoms with E-state index in [0.717, 1.165) is 31.4 Å². The molecule has 0 saturated heterocycles. The molecule has 0 saturated carbocycles. The molecule has 0 heterocycles. The van der Waals surface area contributed by atoms with Crippen molar-refractivity contribution in [1.29, 1.82) is 0 Å². The van der Waals surface area contributed by atoms with Gasteiger partial charge in [-0.2, -0.15) is 0 Å². The number of hydrogen-bond acceptors (Lipinski definition) is 2. The standard InChI is InChI=1S/C14H24O2/c1-6-10(2)13(15)16-12-7-8-14(4,5)9-11(12)3/h10H,6-9H2,1-5H3. The van der Waals surface area contributed by atoms with Gasteiger partial charge in [-0.1, -0.05) is 27.7 Å². The highest BCUT2D eigenvalue weighted by molar-refractivity contribution is 5.73. The van der Waals surface area contributed by atoms with Crippen molar-refractivity contribution in [2.24, 2.45) is 11.3 Å². The number of rotatable bonds is 3. The second kappa shape index (κ2) is 5.03. The molecule has 0 aromatic heterocycles. The molecular formula is C14H24O2. The second-order valence-electron chi connectivity index (χ2n) is 5.77. The second-order valence-corrected chi connectivity index (χ2v) is 5.77. The van der Waals surface area contributed by atoms with E-state index in [0.29, 0.717) is 5.41 Å². The van der Waals surface area contributed by atoms with E-state index in [1.54, 1.807) is 0 Å². The molecule has 1 aliphatic rings. The SMILES string of the molecule is CCC(C)C(=O)OC1=C(C)CC(C)(C)CC1. The third kappa shape index (κ3) is 3.36. The summed E-state index contributed by atoms with van der Waals surface area (Å²) in [6, 6.07) is 0. The fourth-order valence-corrected chi connectivity index (χ4v) is 2.10. The van der Waals surface area contributed by atoms with Crippen molar-refractivity contribution in [2.45, 2.75) is 60.3 Å². The molecule has 2 nitrogen and oxygen atoms in total. The lowest BCUT2D eigenvalue weighted by Gasteiger charge is -2.31. The van der Waals surface area contributed by atoms with E-state index in [4.69, 9.17) is 4.74 Å². The van der Waals surface area contributed by atoms with Crippen molar-refractivity contribution in [3.63, 3.8) is 0 Å². The van der Waals surface area contributed by atoms with Crippen LogP contribution in [0.4, 0.5) is 0 Å². The molecule has 16 heavy (non-hydrogen) atoms. The van der Waals surface area contributed by atoms with E-state index < -0.39 is 0 Å². The Bertz CT molecular complexity index is 300. The first kappa shape index (κ1) is 13.3. The molecule has 0 amide bonds. The van der Waals surface area contributed by atoms with Crippen LogP contribution in [0.1, 0.15) is 60.3 Å². The lowest BCUT2D eigenvalue weighted by Crippen LogP contribution is -2.21. The van der Waals surface area contributed by atoms with Crippen LogP contribution in [-0.2, 0) is 9.53 Å². The minimum atomic E-state index is -0.0726. The fourth-order valence-electron chi connectivity index (χ4n) is 2.10. The third-order valence-corrected chi connectivity index (χ3v) is 3.49. The zero-order valence-corrected chi connectivity index (χ0v) is 11.2. The number of ether oxygens (including phenoxy) is 1. The molecule has 0 aromatic carbocycles. The molecule has 2 heteroatoms. The van der Waals surface area contributed by atoms with Gasteiger partial charge >= 0.3 is 5.97 Å². The number of carbonyl (C=O) groups is 1. The van der Waals surface area contributed by atoms with Gasteiger partial charge in [0, 0.05) is 6.42 Å². The first-order valence-corrected chi connectivity index (χ1v) is 6.26. The van der Waals surface area contributed by atoms with Gasteiger partial charge < -0.3 is 4.74 Å². The Balaban J connectivity index is 2.65. The first-order valence-electron chi connectivity index (χ1n) is 6.26. The van der Waals surface area contributed by atoms with Crippen molar-refractivity contribution in [1.82, 2.24) is 0 Å². The Morgan fingerprint density at radius 2 is 2.12 bits per heavy atom. The van der Waals surface area contributed by atoms with Crippen LogP contribution in [0.3, 0.4) is 0 Å². The van der Waals surface area contributed by atoms with Crippen LogP contribution in [0.25, 0.3) is 0 Å². The van der Waals surface area contributed by atoms with E-state index in [-0.39, 0.29) is 11.9 Å². The molecule has 0 aromatic rings. The van der Waals surface area contributed by atoms with E-state index in [1.165, 1.54) is 5.57 Å². The Labute approximate surface area is 99.1 Å². The molecule has 1 aliphatic carbocycles. The van der Waals surface area contributed by atoms with Gasteiger partial charge in [0.2, 0.25) is 0 Å². The lowest BCUT2D eigenvalue weighted by molar-refractivity contribution is -0.144. The van der Waals surface area contributed by atoms with Gasteiger partial charge in [0.1, 0.15) is 5.76 Å². The number of hydrogen-bond donors (Lipinski definition) is 0. The highest BCUT2D eigenvalue weighted by Gasteiger charge is 2.27. The topological polar surface area (TPSA) is 26.3 Å². The first-order chi connectivity index (χ1) is 7.35.